The van der Waals surface area contributed by atoms with E-state index in [1.54, 1.807) is 0 Å². The lowest BCUT2D eigenvalue weighted by atomic mass is 10.1. The van der Waals surface area contributed by atoms with Crippen LogP contribution >= 0.6 is 10.6 Å². The number of nitrogens with zero attached hydrogens (tertiary/aromatic N) is 1. The Kier molecular flexibility index (Phi) is 11.7. The van der Waals surface area contributed by atoms with Crippen LogP contribution in [0.15, 0.2) is 12.2 Å². The molecule has 0 aromatic rings. The van der Waals surface area contributed by atoms with Gasteiger partial charge in [0.15, 0.2) is 0 Å². The van der Waals surface area contributed by atoms with Crippen LogP contribution in [-0.4, -0.2) is 70.3 Å². The molecule has 2 N–H and O–H groups in total. The minimum Gasteiger partial charge on any atom is -0.465 e. The molecule has 0 bridgehead atoms. The molecule has 1 rings (SSSR count). The number of unbranched alkanes of at least 4 members (excludes halogenated alkanes) is 5. The van der Waals surface area contributed by atoms with E-state index in [0.29, 0.717) is 37.7 Å². The second-order valence-corrected chi connectivity index (χ2v) is 9.38. The lowest BCUT2D eigenvalue weighted by Crippen LogP contribution is -2.40. The van der Waals surface area contributed by atoms with Gasteiger partial charge in [-0.25, -0.2) is 4.79 Å². The first-order chi connectivity index (χ1) is 12.8. The molecule has 0 amide bonds. The highest BCUT2D eigenvalue weighted by molar-refractivity contribution is 8.24. The molecule has 0 aromatic heterocycles. The van der Waals surface area contributed by atoms with Crippen LogP contribution in [0.3, 0.4) is 0 Å². The minimum absolute atomic E-state index is 0.0933. The molecule has 0 saturated carbocycles. The largest absolute Gasteiger partial charge is 0.465 e. The molecule has 27 heavy (non-hydrogen) atoms. The third kappa shape index (κ3) is 11.4. The molecule has 7 nitrogen and oxygen atoms in total. The number of carbonyl (C=O) groups is 2. The number of carbonyl (C=O) groups excluding carboxylic acids is 2. The van der Waals surface area contributed by atoms with Gasteiger partial charge in [0.1, 0.15) is 6.61 Å². The van der Waals surface area contributed by atoms with Crippen LogP contribution in [0.2, 0.25) is 0 Å². The molecule has 1 heterocycles. The van der Waals surface area contributed by atoms with Gasteiger partial charge in [-0.15, -0.1) is 0 Å². The van der Waals surface area contributed by atoms with Crippen molar-refractivity contribution in [1.82, 2.24) is 4.90 Å². The van der Waals surface area contributed by atoms with Crippen LogP contribution in [0.25, 0.3) is 0 Å². The van der Waals surface area contributed by atoms with Crippen molar-refractivity contribution in [3.05, 3.63) is 12.2 Å². The van der Waals surface area contributed by atoms with Gasteiger partial charge >= 0.3 is 11.9 Å². The molecule has 0 aliphatic carbocycles. The highest BCUT2D eigenvalue weighted by atomic mass is 32.3. The Morgan fingerprint density at radius 2 is 1.63 bits per heavy atom. The fourth-order valence-electron chi connectivity index (χ4n) is 2.72. The van der Waals surface area contributed by atoms with Crippen LogP contribution < -0.4 is 0 Å². The quantitative estimate of drug-likeness (QED) is 0.275. The fraction of sp³-hybridized carbons (Fsp3) is 0.789. The third-order valence-electron chi connectivity index (χ3n) is 4.52. The second kappa shape index (κ2) is 13.1. The standard InChI is InChI=1S/C19H35NO6S/c1-3-4-5-6-7-8-12-25-18(21)16-17(2)19(22)26-13-9-20-10-14-27(23,24)15-11-20/h23-24H,2-16H2,1H3. The molecule has 0 spiro atoms. The van der Waals surface area contributed by atoms with Crippen molar-refractivity contribution < 1.29 is 28.2 Å². The summed E-state index contributed by atoms with van der Waals surface area (Å²) in [7, 11) is -2.41. The average molecular weight is 406 g/mol. The van der Waals surface area contributed by atoms with E-state index in [1.807, 2.05) is 4.90 Å². The number of hydrogen-bond donors (Lipinski definition) is 2. The summed E-state index contributed by atoms with van der Waals surface area (Å²) in [4.78, 5) is 25.6. The summed E-state index contributed by atoms with van der Waals surface area (Å²) in [5, 5.41) is 0. The highest BCUT2D eigenvalue weighted by Gasteiger charge is 2.22. The van der Waals surface area contributed by atoms with Gasteiger partial charge in [0.05, 0.1) is 24.5 Å². The minimum atomic E-state index is -2.41. The maximum Gasteiger partial charge on any atom is 0.334 e. The molecule has 1 saturated heterocycles. The van der Waals surface area contributed by atoms with Gasteiger partial charge in [-0.1, -0.05) is 45.6 Å². The van der Waals surface area contributed by atoms with E-state index >= 15 is 0 Å². The Morgan fingerprint density at radius 1 is 1.00 bits per heavy atom. The van der Waals surface area contributed by atoms with Crippen LogP contribution in [-0.2, 0) is 19.1 Å². The SMILES string of the molecule is C=C(CC(=O)OCCCCCCCC)C(=O)OCCN1CCS(O)(O)CC1. The van der Waals surface area contributed by atoms with E-state index in [1.165, 1.54) is 19.3 Å². The van der Waals surface area contributed by atoms with Crippen molar-refractivity contribution in [2.45, 2.75) is 51.9 Å². The number of esters is 2. The van der Waals surface area contributed by atoms with Crippen LogP contribution in [0.4, 0.5) is 0 Å². The summed E-state index contributed by atoms with van der Waals surface area (Å²) in [6.07, 6.45) is 6.55. The maximum absolute atomic E-state index is 11.9. The number of ether oxygens (including phenoxy) is 2. The maximum atomic E-state index is 11.9. The van der Waals surface area contributed by atoms with Gasteiger partial charge in [0.2, 0.25) is 0 Å². The third-order valence-corrected chi connectivity index (χ3v) is 6.19. The van der Waals surface area contributed by atoms with E-state index in [2.05, 4.69) is 13.5 Å². The first-order valence-corrected chi connectivity index (χ1v) is 11.7. The lowest BCUT2D eigenvalue weighted by Gasteiger charge is -2.40. The van der Waals surface area contributed by atoms with E-state index < -0.39 is 22.5 Å². The summed E-state index contributed by atoms with van der Waals surface area (Å²) < 4.78 is 29.4. The Labute approximate surface area is 164 Å². The van der Waals surface area contributed by atoms with Crippen molar-refractivity contribution >= 4 is 22.5 Å². The van der Waals surface area contributed by atoms with E-state index in [4.69, 9.17) is 9.47 Å². The molecular weight excluding hydrogens is 370 g/mol. The smallest absolute Gasteiger partial charge is 0.334 e. The van der Waals surface area contributed by atoms with Crippen molar-refractivity contribution in [2.24, 2.45) is 0 Å². The lowest BCUT2D eigenvalue weighted by molar-refractivity contribution is -0.146. The van der Waals surface area contributed by atoms with Gasteiger partial charge < -0.3 is 9.47 Å². The monoisotopic (exact) mass is 405 g/mol. The Hall–Kier alpha value is -1.09. The Balaban J connectivity index is 2.06. The zero-order valence-corrected chi connectivity index (χ0v) is 17.3. The highest BCUT2D eigenvalue weighted by Crippen LogP contribution is 2.40. The summed E-state index contributed by atoms with van der Waals surface area (Å²) in [5.74, 6) is -0.324. The molecule has 0 unspecified atom stereocenters. The van der Waals surface area contributed by atoms with Crippen molar-refractivity contribution in [3.8, 4) is 0 Å². The molecule has 8 heteroatoms. The van der Waals surface area contributed by atoms with Crippen LogP contribution in [0, 0.1) is 0 Å². The Bertz CT molecular complexity index is 473. The fourth-order valence-corrected chi connectivity index (χ4v) is 4.03. The molecule has 1 fully saturated rings. The van der Waals surface area contributed by atoms with Crippen LogP contribution in [0.5, 0.6) is 0 Å². The summed E-state index contributed by atoms with van der Waals surface area (Å²) >= 11 is 0. The second-order valence-electron chi connectivity index (χ2n) is 6.96. The normalized spacial score (nSPS) is 17.9. The molecule has 1 aliphatic rings. The van der Waals surface area contributed by atoms with Crippen LogP contribution in [0.1, 0.15) is 51.9 Å². The van der Waals surface area contributed by atoms with Gasteiger partial charge in [-0.05, 0) is 6.42 Å². The van der Waals surface area contributed by atoms with Gasteiger partial charge in [-0.2, -0.15) is 10.6 Å². The van der Waals surface area contributed by atoms with E-state index in [0.717, 1.165) is 19.3 Å². The summed E-state index contributed by atoms with van der Waals surface area (Å²) in [5.41, 5.74) is 0.0933. The van der Waals surface area contributed by atoms with Gasteiger partial charge in [0, 0.05) is 25.2 Å². The predicted octanol–water partition coefficient (Wildman–Crippen LogP) is 3.45. The summed E-state index contributed by atoms with van der Waals surface area (Å²) in [6.45, 7) is 8.01. The van der Waals surface area contributed by atoms with Crippen molar-refractivity contribution in [1.29, 1.82) is 0 Å². The predicted molar refractivity (Wildman–Crippen MR) is 108 cm³/mol. The summed E-state index contributed by atoms with van der Waals surface area (Å²) in [6, 6.07) is 0. The molecule has 0 radical (unpaired) electrons. The molecule has 158 valence electrons. The number of hydrogen-bond acceptors (Lipinski definition) is 7. The number of rotatable bonds is 13. The zero-order valence-electron chi connectivity index (χ0n) is 16.5. The van der Waals surface area contributed by atoms with E-state index in [9.17, 15) is 18.7 Å². The first-order valence-electron chi connectivity index (χ1n) is 9.80. The van der Waals surface area contributed by atoms with Crippen molar-refractivity contribution in [3.63, 3.8) is 0 Å². The topological polar surface area (TPSA) is 96.3 Å². The van der Waals surface area contributed by atoms with E-state index in [-0.39, 0.29) is 18.6 Å². The average Bonchev–Trinajstić information content (AvgIpc) is 2.62. The van der Waals surface area contributed by atoms with Gasteiger partial charge in [-0.3, -0.25) is 18.8 Å². The molecule has 1 aliphatic heterocycles. The molecule has 0 aromatic carbocycles. The van der Waals surface area contributed by atoms with Gasteiger partial charge in [0.25, 0.3) is 0 Å². The molecule has 0 atom stereocenters. The first kappa shape index (κ1) is 23.9. The zero-order chi connectivity index (χ0) is 20.1. The van der Waals surface area contributed by atoms with Crippen molar-refractivity contribution in [2.75, 3.05) is 44.4 Å². The molecular formula is C19H35NO6S. The Morgan fingerprint density at radius 3 is 2.30 bits per heavy atom.